The van der Waals surface area contributed by atoms with Gasteiger partial charge in [0.1, 0.15) is 0 Å². The summed E-state index contributed by atoms with van der Waals surface area (Å²) in [6.07, 6.45) is 0.838. The van der Waals surface area contributed by atoms with Crippen molar-refractivity contribution in [1.29, 1.82) is 0 Å². The van der Waals surface area contributed by atoms with Gasteiger partial charge in [-0.3, -0.25) is 4.79 Å². The van der Waals surface area contributed by atoms with Gasteiger partial charge in [-0.15, -0.1) is 0 Å². The highest BCUT2D eigenvalue weighted by Crippen LogP contribution is 2.00. The van der Waals surface area contributed by atoms with Crippen LogP contribution in [0.4, 0.5) is 0 Å². The van der Waals surface area contributed by atoms with Gasteiger partial charge >= 0.3 is 0 Å². The first-order valence-electron chi connectivity index (χ1n) is 6.78. The molecule has 0 spiro atoms. The van der Waals surface area contributed by atoms with E-state index in [0.717, 1.165) is 6.42 Å². The molecule has 0 fully saturated rings. The van der Waals surface area contributed by atoms with Crippen LogP contribution in [-0.4, -0.2) is 32.7 Å². The largest absolute Gasteiger partial charge is 0.377 e. The zero-order valence-corrected chi connectivity index (χ0v) is 11.8. The predicted octanol–water partition coefficient (Wildman–Crippen LogP) is 1.56. The van der Waals surface area contributed by atoms with Crippen LogP contribution in [0.15, 0.2) is 30.3 Å². The van der Waals surface area contributed by atoms with E-state index in [0.29, 0.717) is 26.3 Å². The number of carbonyl (C=O) groups is 1. The van der Waals surface area contributed by atoms with Crippen molar-refractivity contribution in [2.24, 2.45) is 5.92 Å². The molecule has 0 radical (unpaired) electrons. The van der Waals surface area contributed by atoms with Crippen LogP contribution in [0, 0.1) is 5.92 Å². The highest BCUT2D eigenvalue weighted by Gasteiger charge is 2.10. The number of carbonyl (C=O) groups excluding carboxylic acids is 1. The lowest BCUT2D eigenvalue weighted by molar-refractivity contribution is -0.124. The third-order valence-corrected chi connectivity index (χ3v) is 2.83. The van der Waals surface area contributed by atoms with E-state index in [1.54, 1.807) is 0 Å². The second-order valence-electron chi connectivity index (χ2n) is 4.64. The molecule has 0 aliphatic carbocycles. The van der Waals surface area contributed by atoms with Crippen LogP contribution in [0.3, 0.4) is 0 Å². The Kier molecular flexibility index (Phi) is 7.86. The number of hydrogen-bond donors (Lipinski definition) is 2. The normalized spacial score (nSPS) is 12.1. The molecule has 0 saturated heterocycles. The summed E-state index contributed by atoms with van der Waals surface area (Å²) in [6, 6.07) is 10.1. The first-order valence-corrected chi connectivity index (χ1v) is 6.78. The van der Waals surface area contributed by atoms with Crippen LogP contribution in [0.5, 0.6) is 0 Å². The molecule has 19 heavy (non-hydrogen) atoms. The van der Waals surface area contributed by atoms with Crippen molar-refractivity contribution in [3.05, 3.63) is 35.9 Å². The average molecular weight is 264 g/mol. The summed E-state index contributed by atoms with van der Waals surface area (Å²) in [5.74, 6) is 0.104. The maximum Gasteiger partial charge on any atom is 0.224 e. The standard InChI is InChI=1S/C15H24N2O2/c1-13(11-16-2)15(18)17-9-6-10-19-12-14-7-4-3-5-8-14/h3-5,7-8,13,16H,6,9-12H2,1-2H3,(H,17,18). The molecule has 0 heterocycles. The fourth-order valence-corrected chi connectivity index (χ4v) is 1.72. The smallest absolute Gasteiger partial charge is 0.224 e. The molecule has 1 amide bonds. The van der Waals surface area contributed by atoms with Crippen molar-refractivity contribution in [1.82, 2.24) is 10.6 Å². The first kappa shape index (κ1) is 15.7. The summed E-state index contributed by atoms with van der Waals surface area (Å²) >= 11 is 0. The van der Waals surface area contributed by atoms with E-state index in [-0.39, 0.29) is 11.8 Å². The van der Waals surface area contributed by atoms with Crippen molar-refractivity contribution in [3.63, 3.8) is 0 Å². The van der Waals surface area contributed by atoms with Gasteiger partial charge in [0.15, 0.2) is 0 Å². The second kappa shape index (κ2) is 9.53. The lowest BCUT2D eigenvalue weighted by atomic mass is 10.1. The van der Waals surface area contributed by atoms with Crippen LogP contribution in [-0.2, 0) is 16.1 Å². The van der Waals surface area contributed by atoms with Crippen molar-refractivity contribution in [2.75, 3.05) is 26.7 Å². The molecular formula is C15H24N2O2. The number of nitrogens with one attached hydrogen (secondary N) is 2. The van der Waals surface area contributed by atoms with Gasteiger partial charge in [0.2, 0.25) is 5.91 Å². The highest BCUT2D eigenvalue weighted by molar-refractivity contribution is 5.78. The Bertz CT molecular complexity index is 354. The SMILES string of the molecule is CNCC(C)C(=O)NCCCOCc1ccccc1. The van der Waals surface area contributed by atoms with Crippen LogP contribution < -0.4 is 10.6 Å². The number of amides is 1. The topological polar surface area (TPSA) is 50.4 Å². The fourth-order valence-electron chi connectivity index (χ4n) is 1.72. The minimum atomic E-state index is 0.00948. The molecule has 0 saturated carbocycles. The Labute approximate surface area is 115 Å². The summed E-state index contributed by atoms with van der Waals surface area (Å²) in [5.41, 5.74) is 1.18. The summed E-state index contributed by atoms with van der Waals surface area (Å²) in [7, 11) is 1.85. The van der Waals surface area contributed by atoms with Crippen LogP contribution in [0.2, 0.25) is 0 Å². The van der Waals surface area contributed by atoms with Crippen molar-refractivity contribution >= 4 is 5.91 Å². The summed E-state index contributed by atoms with van der Waals surface area (Å²) < 4.78 is 5.55. The molecule has 0 aromatic heterocycles. The first-order chi connectivity index (χ1) is 9.24. The van der Waals surface area contributed by atoms with E-state index in [4.69, 9.17) is 4.74 Å². The molecule has 1 rings (SSSR count). The Morgan fingerprint density at radius 3 is 2.74 bits per heavy atom. The predicted molar refractivity (Wildman–Crippen MR) is 76.8 cm³/mol. The Morgan fingerprint density at radius 2 is 2.05 bits per heavy atom. The number of ether oxygens (including phenoxy) is 1. The van der Waals surface area contributed by atoms with Gasteiger partial charge in [-0.1, -0.05) is 37.3 Å². The molecule has 0 bridgehead atoms. The summed E-state index contributed by atoms with van der Waals surface area (Å²) in [4.78, 5) is 11.6. The van der Waals surface area contributed by atoms with Crippen LogP contribution >= 0.6 is 0 Å². The molecule has 106 valence electrons. The highest BCUT2D eigenvalue weighted by atomic mass is 16.5. The number of hydrogen-bond acceptors (Lipinski definition) is 3. The van der Waals surface area contributed by atoms with Gasteiger partial charge < -0.3 is 15.4 Å². The van der Waals surface area contributed by atoms with Gasteiger partial charge in [0.25, 0.3) is 0 Å². The molecule has 2 N–H and O–H groups in total. The molecule has 1 aromatic carbocycles. The van der Waals surface area contributed by atoms with E-state index in [1.165, 1.54) is 5.56 Å². The summed E-state index contributed by atoms with van der Waals surface area (Å²) in [6.45, 7) is 4.58. The van der Waals surface area contributed by atoms with Crippen LogP contribution in [0.1, 0.15) is 18.9 Å². The van der Waals surface area contributed by atoms with Gasteiger partial charge in [-0.05, 0) is 19.0 Å². The Morgan fingerprint density at radius 1 is 1.32 bits per heavy atom. The molecule has 0 aliphatic heterocycles. The number of benzene rings is 1. The van der Waals surface area contributed by atoms with Gasteiger partial charge in [-0.25, -0.2) is 0 Å². The minimum absolute atomic E-state index is 0.00948. The van der Waals surface area contributed by atoms with E-state index in [9.17, 15) is 4.79 Å². The average Bonchev–Trinajstić information content (AvgIpc) is 2.43. The molecule has 1 atom stereocenters. The Hall–Kier alpha value is -1.39. The van der Waals surface area contributed by atoms with E-state index in [2.05, 4.69) is 10.6 Å². The Balaban J connectivity index is 2.01. The van der Waals surface area contributed by atoms with E-state index < -0.39 is 0 Å². The lowest BCUT2D eigenvalue weighted by Gasteiger charge is -2.11. The maximum absolute atomic E-state index is 11.6. The molecule has 1 unspecified atom stereocenters. The third-order valence-electron chi connectivity index (χ3n) is 2.83. The van der Waals surface area contributed by atoms with Crippen molar-refractivity contribution < 1.29 is 9.53 Å². The minimum Gasteiger partial charge on any atom is -0.377 e. The monoisotopic (exact) mass is 264 g/mol. The lowest BCUT2D eigenvalue weighted by Crippen LogP contribution is -2.35. The zero-order chi connectivity index (χ0) is 13.9. The molecular weight excluding hydrogens is 240 g/mol. The molecule has 4 nitrogen and oxygen atoms in total. The zero-order valence-electron chi connectivity index (χ0n) is 11.8. The van der Waals surface area contributed by atoms with Gasteiger partial charge in [-0.2, -0.15) is 0 Å². The number of rotatable bonds is 9. The van der Waals surface area contributed by atoms with E-state index in [1.807, 2.05) is 44.3 Å². The third kappa shape index (κ3) is 6.94. The molecule has 1 aromatic rings. The maximum atomic E-state index is 11.6. The molecule has 4 heteroatoms. The fraction of sp³-hybridized carbons (Fsp3) is 0.533. The quantitative estimate of drug-likeness (QED) is 0.666. The molecule has 0 aliphatic rings. The van der Waals surface area contributed by atoms with Gasteiger partial charge in [0.05, 0.1) is 6.61 Å². The van der Waals surface area contributed by atoms with Gasteiger partial charge in [0, 0.05) is 25.6 Å². The van der Waals surface area contributed by atoms with E-state index >= 15 is 0 Å². The van der Waals surface area contributed by atoms with Crippen molar-refractivity contribution in [3.8, 4) is 0 Å². The second-order valence-corrected chi connectivity index (χ2v) is 4.64. The van der Waals surface area contributed by atoms with Crippen molar-refractivity contribution in [2.45, 2.75) is 20.0 Å². The summed E-state index contributed by atoms with van der Waals surface area (Å²) in [5, 5.41) is 5.90. The van der Waals surface area contributed by atoms with Crippen LogP contribution in [0.25, 0.3) is 0 Å².